The van der Waals surface area contributed by atoms with E-state index >= 15 is 0 Å². The lowest BCUT2D eigenvalue weighted by Gasteiger charge is -2.24. The summed E-state index contributed by atoms with van der Waals surface area (Å²) in [4.78, 5) is 3.56. The topological polar surface area (TPSA) is 68.3 Å². The summed E-state index contributed by atoms with van der Waals surface area (Å²) in [5.41, 5.74) is 0.802. The molecule has 2 aliphatic rings. The van der Waals surface area contributed by atoms with Crippen molar-refractivity contribution in [2.24, 2.45) is 0 Å². The predicted molar refractivity (Wildman–Crippen MR) is 98.8 cm³/mol. The first-order valence-corrected chi connectivity index (χ1v) is 11.3. The Morgan fingerprint density at radius 1 is 1.15 bits per heavy atom. The molecule has 2 aliphatic carbocycles. The third-order valence-electron chi connectivity index (χ3n) is 4.87. The van der Waals surface area contributed by atoms with E-state index < -0.39 is 15.8 Å². The van der Waals surface area contributed by atoms with Crippen LogP contribution in [0.2, 0.25) is 0 Å². The maximum Gasteiger partial charge on any atom is 0.266 e. The second kappa shape index (κ2) is 7.15. The highest BCUT2D eigenvalue weighted by atomic mass is 32.2. The van der Waals surface area contributed by atoms with Crippen molar-refractivity contribution in [1.29, 1.82) is 0 Å². The fourth-order valence-corrected chi connectivity index (χ4v) is 5.26. The molecule has 2 saturated carbocycles. The molecular weight excluding hydrogens is 375 g/mol. The summed E-state index contributed by atoms with van der Waals surface area (Å²) in [5, 5.41) is 1.88. The molecule has 0 unspecified atom stereocenters. The summed E-state index contributed by atoms with van der Waals surface area (Å²) < 4.78 is 48.3. The van der Waals surface area contributed by atoms with Crippen molar-refractivity contribution >= 4 is 26.5 Å². The summed E-state index contributed by atoms with van der Waals surface area (Å²) >= 11 is 1.15. The van der Waals surface area contributed by atoms with Gasteiger partial charge in [-0.15, -0.1) is 11.3 Å². The van der Waals surface area contributed by atoms with Crippen molar-refractivity contribution in [3.63, 3.8) is 0 Å². The molecule has 1 heterocycles. The molecule has 5 nitrogen and oxygen atoms in total. The van der Waals surface area contributed by atoms with Crippen molar-refractivity contribution in [2.45, 2.75) is 61.9 Å². The van der Waals surface area contributed by atoms with Gasteiger partial charge in [0.15, 0.2) is 5.13 Å². The van der Waals surface area contributed by atoms with Crippen LogP contribution in [0.1, 0.15) is 56.4 Å². The van der Waals surface area contributed by atoms with Gasteiger partial charge in [0, 0.05) is 17.6 Å². The second-order valence-corrected chi connectivity index (χ2v) is 9.46. The van der Waals surface area contributed by atoms with Crippen LogP contribution in [-0.4, -0.2) is 19.5 Å². The maximum absolute atomic E-state index is 14.7. The molecule has 0 atom stereocenters. The Kier molecular flexibility index (Phi) is 4.88. The Morgan fingerprint density at radius 3 is 2.58 bits per heavy atom. The zero-order valence-corrected chi connectivity index (χ0v) is 15.9. The molecule has 0 saturated heterocycles. The lowest BCUT2D eigenvalue weighted by atomic mass is 9.97. The highest BCUT2D eigenvalue weighted by Gasteiger charge is 2.32. The first kappa shape index (κ1) is 17.7. The van der Waals surface area contributed by atoms with Gasteiger partial charge in [-0.05, 0) is 56.1 Å². The van der Waals surface area contributed by atoms with Gasteiger partial charge in [0.05, 0.1) is 6.10 Å². The monoisotopic (exact) mass is 396 g/mol. The van der Waals surface area contributed by atoms with Crippen molar-refractivity contribution in [2.75, 3.05) is 4.72 Å². The molecule has 0 radical (unpaired) electrons. The SMILES string of the molecule is O=S(=O)(Nc1nccs1)c1cc(C2CC2)c(OC2CCCCC2)cc1F. The number of rotatable bonds is 6. The number of aromatic nitrogens is 1. The molecule has 2 aromatic rings. The van der Waals surface area contributed by atoms with Gasteiger partial charge in [-0.3, -0.25) is 4.72 Å². The molecule has 1 aromatic heterocycles. The number of halogens is 1. The number of nitrogens with zero attached hydrogens (tertiary/aromatic N) is 1. The van der Waals surface area contributed by atoms with Crippen LogP contribution in [0, 0.1) is 5.82 Å². The van der Waals surface area contributed by atoms with E-state index in [9.17, 15) is 12.8 Å². The van der Waals surface area contributed by atoms with E-state index in [1.165, 1.54) is 24.8 Å². The van der Waals surface area contributed by atoms with Gasteiger partial charge in [0.25, 0.3) is 10.0 Å². The van der Waals surface area contributed by atoms with Crippen LogP contribution in [0.3, 0.4) is 0 Å². The van der Waals surface area contributed by atoms with E-state index in [1.54, 1.807) is 5.38 Å². The lowest BCUT2D eigenvalue weighted by molar-refractivity contribution is 0.153. The largest absolute Gasteiger partial charge is 0.490 e. The van der Waals surface area contributed by atoms with Gasteiger partial charge in [0.1, 0.15) is 16.5 Å². The van der Waals surface area contributed by atoms with E-state index in [4.69, 9.17) is 4.74 Å². The summed E-state index contributed by atoms with van der Waals surface area (Å²) in [5.74, 6) is -0.0302. The molecule has 0 spiro atoms. The van der Waals surface area contributed by atoms with Crippen LogP contribution < -0.4 is 9.46 Å². The van der Waals surface area contributed by atoms with Crippen LogP contribution >= 0.6 is 11.3 Å². The third-order valence-corrected chi connectivity index (χ3v) is 7.04. The fourth-order valence-electron chi connectivity index (χ4n) is 3.38. The van der Waals surface area contributed by atoms with Gasteiger partial charge in [-0.25, -0.2) is 17.8 Å². The Hall–Kier alpha value is -1.67. The first-order valence-electron chi connectivity index (χ1n) is 8.95. The van der Waals surface area contributed by atoms with Gasteiger partial charge < -0.3 is 4.74 Å². The molecule has 2 fully saturated rings. The molecule has 1 aromatic carbocycles. The van der Waals surface area contributed by atoms with Crippen LogP contribution in [0.15, 0.2) is 28.6 Å². The van der Waals surface area contributed by atoms with E-state index in [1.807, 2.05) is 0 Å². The molecule has 140 valence electrons. The second-order valence-electron chi connectivity index (χ2n) is 6.92. The van der Waals surface area contributed by atoms with Crippen molar-refractivity contribution < 1.29 is 17.5 Å². The summed E-state index contributed by atoms with van der Waals surface area (Å²) in [7, 11) is -4.02. The highest BCUT2D eigenvalue weighted by Crippen LogP contribution is 2.46. The van der Waals surface area contributed by atoms with Gasteiger partial charge in [0.2, 0.25) is 0 Å². The Balaban J connectivity index is 1.65. The zero-order chi connectivity index (χ0) is 18.1. The van der Waals surface area contributed by atoms with E-state index in [-0.39, 0.29) is 22.0 Å². The van der Waals surface area contributed by atoms with Gasteiger partial charge in [-0.1, -0.05) is 6.42 Å². The number of hydrogen-bond acceptors (Lipinski definition) is 5. The smallest absolute Gasteiger partial charge is 0.266 e. The predicted octanol–water partition coefficient (Wildman–Crippen LogP) is 4.67. The summed E-state index contributed by atoms with van der Waals surface area (Å²) in [6.45, 7) is 0. The molecular formula is C18H21FN2O3S2. The number of hydrogen-bond donors (Lipinski definition) is 1. The molecule has 0 aliphatic heterocycles. The van der Waals surface area contributed by atoms with Crippen LogP contribution in [-0.2, 0) is 10.0 Å². The minimum Gasteiger partial charge on any atom is -0.490 e. The van der Waals surface area contributed by atoms with Crippen LogP contribution in [0.5, 0.6) is 5.75 Å². The van der Waals surface area contributed by atoms with Crippen molar-refractivity contribution in [3.8, 4) is 5.75 Å². The highest BCUT2D eigenvalue weighted by molar-refractivity contribution is 7.93. The normalized spacial score (nSPS) is 18.7. The quantitative estimate of drug-likeness (QED) is 0.770. The number of ether oxygens (including phenoxy) is 1. The standard InChI is InChI=1S/C18H21FN2O3S2/c19-15-11-16(24-13-4-2-1-3-5-13)14(12-6-7-12)10-17(15)26(22,23)21-18-20-8-9-25-18/h8-13H,1-7H2,(H,20,21). The molecule has 0 amide bonds. The Morgan fingerprint density at radius 2 is 1.92 bits per heavy atom. The molecule has 4 rings (SSSR count). The first-order chi connectivity index (χ1) is 12.5. The van der Waals surface area contributed by atoms with Crippen molar-refractivity contribution in [1.82, 2.24) is 4.98 Å². The van der Waals surface area contributed by atoms with E-state index in [0.717, 1.165) is 55.4 Å². The third kappa shape index (κ3) is 3.86. The molecule has 1 N–H and O–H groups in total. The van der Waals surface area contributed by atoms with Crippen LogP contribution in [0.25, 0.3) is 0 Å². The van der Waals surface area contributed by atoms with Crippen LogP contribution in [0.4, 0.5) is 9.52 Å². The number of benzene rings is 1. The average Bonchev–Trinajstić information content (AvgIpc) is 3.33. The molecule has 0 bridgehead atoms. The summed E-state index contributed by atoms with van der Waals surface area (Å²) in [6, 6.07) is 2.69. The Labute approximate surface area is 156 Å². The number of nitrogens with one attached hydrogen (secondary N) is 1. The minimum atomic E-state index is -4.02. The van der Waals surface area contributed by atoms with Gasteiger partial charge >= 0.3 is 0 Å². The van der Waals surface area contributed by atoms with E-state index in [2.05, 4.69) is 9.71 Å². The number of anilines is 1. The summed E-state index contributed by atoms with van der Waals surface area (Å²) in [6.07, 6.45) is 8.94. The maximum atomic E-state index is 14.7. The Bertz CT molecular complexity index is 874. The van der Waals surface area contributed by atoms with Gasteiger partial charge in [-0.2, -0.15) is 0 Å². The fraction of sp³-hybridized carbons (Fsp3) is 0.500. The van der Waals surface area contributed by atoms with Crippen molar-refractivity contribution in [3.05, 3.63) is 35.1 Å². The zero-order valence-electron chi connectivity index (χ0n) is 14.3. The average molecular weight is 397 g/mol. The minimum absolute atomic E-state index is 0.0940. The molecule has 26 heavy (non-hydrogen) atoms. The number of sulfonamides is 1. The van der Waals surface area contributed by atoms with E-state index in [0.29, 0.717) is 5.75 Å². The molecule has 8 heteroatoms. The lowest BCUT2D eigenvalue weighted by Crippen LogP contribution is -2.21. The number of thiazole rings is 1.